The molecule has 59 heavy (non-hydrogen) atoms. The lowest BCUT2D eigenvalue weighted by Crippen LogP contribution is -2.48. The number of nitrogens with zero attached hydrogens (tertiary/aromatic N) is 2. The second-order valence-corrected chi connectivity index (χ2v) is 28.3. The van der Waals surface area contributed by atoms with Crippen LogP contribution in [-0.2, 0) is 41.3 Å². The van der Waals surface area contributed by atoms with Gasteiger partial charge >= 0.3 is 5.97 Å². The van der Waals surface area contributed by atoms with E-state index in [4.69, 9.17) is 23.1 Å². The van der Waals surface area contributed by atoms with Gasteiger partial charge in [0.05, 0.1) is 32.8 Å². The van der Waals surface area contributed by atoms with Gasteiger partial charge in [0, 0.05) is 31.3 Å². The third-order valence-electron chi connectivity index (χ3n) is 11.3. The number of oxazole rings is 1. The molecule has 4 rings (SSSR count). The molecule has 0 aliphatic carbocycles. The van der Waals surface area contributed by atoms with Gasteiger partial charge in [0.15, 0.2) is 14.0 Å². The highest BCUT2D eigenvalue weighted by Gasteiger charge is 2.42. The van der Waals surface area contributed by atoms with Crippen molar-refractivity contribution in [1.82, 2.24) is 15.2 Å². The van der Waals surface area contributed by atoms with Crippen molar-refractivity contribution < 1.29 is 42.2 Å². The van der Waals surface area contributed by atoms with Gasteiger partial charge in [0.2, 0.25) is 11.8 Å². The minimum Gasteiger partial charge on any atom is -0.497 e. The summed E-state index contributed by atoms with van der Waals surface area (Å²) in [6, 6.07) is 6.76. The van der Waals surface area contributed by atoms with E-state index in [1.165, 1.54) is 11.0 Å². The van der Waals surface area contributed by atoms with Crippen LogP contribution in [0.15, 0.2) is 64.6 Å². The van der Waals surface area contributed by atoms with Gasteiger partial charge in [-0.1, -0.05) is 96.3 Å². The molecule has 3 heterocycles. The number of allylic oxidation sites excluding steroid dienone is 2. The quantitative estimate of drug-likeness (QED) is 0.201. The fraction of sp³-hybridized carbons (Fsp3) is 0.578. The van der Waals surface area contributed by atoms with Crippen molar-refractivity contribution in [3.05, 3.63) is 77.4 Å². The molecule has 1 unspecified atom stereocenters. The Balaban J connectivity index is 1.68. The molecule has 0 radical (unpaired) electrons. The zero-order valence-corrected chi connectivity index (χ0v) is 39.3. The third-order valence-corrected chi connectivity index (χ3v) is 17.5. The van der Waals surface area contributed by atoms with E-state index in [2.05, 4.69) is 63.8 Å². The van der Waals surface area contributed by atoms with Crippen LogP contribution >= 0.6 is 0 Å². The molecular formula is C45H67N3O9Si2. The van der Waals surface area contributed by atoms with Crippen LogP contribution in [0.4, 0.5) is 0 Å². The number of ketones is 1. The van der Waals surface area contributed by atoms with Crippen molar-refractivity contribution in [3.63, 3.8) is 0 Å². The molecule has 5 atom stereocenters. The fourth-order valence-corrected chi connectivity index (χ4v) is 9.49. The minimum absolute atomic E-state index is 0.0871. The van der Waals surface area contributed by atoms with E-state index in [0.29, 0.717) is 31.4 Å². The number of methoxy groups -OCH3 is 1. The van der Waals surface area contributed by atoms with E-state index < -0.39 is 46.5 Å². The zero-order valence-electron chi connectivity index (χ0n) is 37.3. The van der Waals surface area contributed by atoms with Crippen molar-refractivity contribution in [1.29, 1.82) is 0 Å². The van der Waals surface area contributed by atoms with E-state index in [-0.39, 0.29) is 66.1 Å². The highest BCUT2D eigenvalue weighted by molar-refractivity contribution is 6.88. The number of benzene rings is 1. The van der Waals surface area contributed by atoms with Gasteiger partial charge in [0.1, 0.15) is 37.1 Å². The number of fused-ring (bicyclic) bond motifs is 3. The lowest BCUT2D eigenvalue weighted by Gasteiger charge is -2.38. The van der Waals surface area contributed by atoms with E-state index in [1.807, 2.05) is 63.3 Å². The third kappa shape index (κ3) is 13.4. The lowest BCUT2D eigenvalue weighted by molar-refractivity contribution is -0.159. The number of hydrogen-bond acceptors (Lipinski definition) is 10. The molecular weight excluding hydrogens is 783 g/mol. The lowest BCUT2D eigenvalue weighted by atomic mass is 9.93. The number of nitrogens with one attached hydrogen (secondary N) is 1. The summed E-state index contributed by atoms with van der Waals surface area (Å²) >= 11 is 0. The number of carbonyl (C=O) groups is 4. The molecule has 2 aromatic rings. The van der Waals surface area contributed by atoms with Gasteiger partial charge < -0.3 is 33.3 Å². The number of cyclic esters (lactones) is 1. The maximum atomic E-state index is 14.4. The fourth-order valence-electron chi connectivity index (χ4n) is 6.93. The Kier molecular flexibility index (Phi) is 16.5. The van der Waals surface area contributed by atoms with Crippen molar-refractivity contribution in [3.8, 4) is 5.75 Å². The number of carbonyl (C=O) groups excluding carboxylic acids is 4. The number of amides is 2. The normalized spacial score (nSPS) is 24.7. The maximum absolute atomic E-state index is 14.4. The van der Waals surface area contributed by atoms with Crippen LogP contribution in [0, 0.1) is 11.8 Å². The van der Waals surface area contributed by atoms with Crippen molar-refractivity contribution >= 4 is 45.3 Å². The number of Topliss-reactive ketones (excluding diaryl/α,β-unsaturated/α-hetero) is 1. The number of ether oxygens (including phenoxy) is 3. The Bertz CT molecular complexity index is 1870. The summed E-state index contributed by atoms with van der Waals surface area (Å²) < 4.78 is 30.7. The molecule has 1 N–H and O–H groups in total. The summed E-state index contributed by atoms with van der Waals surface area (Å²) in [7, 11) is -2.97. The summed E-state index contributed by atoms with van der Waals surface area (Å²) in [5.74, 6) is -1.07. The molecule has 1 aromatic carbocycles. The maximum Gasteiger partial charge on any atom is 0.329 e. The SMILES string of the molecule is COc1ccc(COC[C@@H](C)[C@H]2OC(=O)[C@H]3CCCN3C(=O)c3nc(oc3[Si](C)(C)C)CC(=O)CC(O[Si](C)(C)C(C)(C)C)/C=C(C)/C=C/CNC(=O)/C=C/[C@H]2C)cc1. The van der Waals surface area contributed by atoms with E-state index in [9.17, 15) is 19.2 Å². The molecule has 324 valence electrons. The van der Waals surface area contributed by atoms with Gasteiger partial charge in [-0.2, -0.15) is 0 Å². The predicted octanol–water partition coefficient (Wildman–Crippen LogP) is 7.31. The average Bonchev–Trinajstić information content (AvgIpc) is 3.82. The molecule has 2 bridgehead atoms. The molecule has 0 saturated carbocycles. The second-order valence-electron chi connectivity index (χ2n) is 18.5. The second kappa shape index (κ2) is 20.4. The van der Waals surface area contributed by atoms with Crippen LogP contribution < -0.4 is 15.4 Å². The van der Waals surface area contributed by atoms with E-state index >= 15 is 0 Å². The van der Waals surface area contributed by atoms with Crippen molar-refractivity contribution in [2.45, 2.75) is 130 Å². The van der Waals surface area contributed by atoms with Gasteiger partial charge in [-0.3, -0.25) is 14.4 Å². The molecule has 2 aliphatic rings. The average molecular weight is 850 g/mol. The molecule has 2 amide bonds. The largest absolute Gasteiger partial charge is 0.497 e. The topological polar surface area (TPSA) is 146 Å². The van der Waals surface area contributed by atoms with Crippen LogP contribution in [0.3, 0.4) is 0 Å². The molecule has 0 spiro atoms. The number of hydrogen-bond donors (Lipinski definition) is 1. The first-order chi connectivity index (χ1) is 27.6. The van der Waals surface area contributed by atoms with E-state index in [0.717, 1.165) is 16.9 Å². The number of rotatable bonds is 9. The predicted molar refractivity (Wildman–Crippen MR) is 235 cm³/mol. The Morgan fingerprint density at radius 1 is 1.03 bits per heavy atom. The Morgan fingerprint density at radius 3 is 2.37 bits per heavy atom. The minimum atomic E-state index is -2.30. The molecule has 1 aromatic heterocycles. The number of esters is 1. The highest BCUT2D eigenvalue weighted by atomic mass is 28.4. The van der Waals surface area contributed by atoms with Crippen LogP contribution in [0.1, 0.15) is 82.7 Å². The Morgan fingerprint density at radius 2 is 1.73 bits per heavy atom. The monoisotopic (exact) mass is 849 g/mol. The van der Waals surface area contributed by atoms with Crippen LogP contribution in [0.25, 0.3) is 0 Å². The first kappa shape index (κ1) is 47.6. The highest BCUT2D eigenvalue weighted by Crippen LogP contribution is 2.38. The summed E-state index contributed by atoms with van der Waals surface area (Å²) in [5, 5.41) is 3.30. The molecule has 2 aliphatic heterocycles. The summed E-state index contributed by atoms with van der Waals surface area (Å²) in [5.41, 5.74) is 2.01. The smallest absolute Gasteiger partial charge is 0.329 e. The summed E-state index contributed by atoms with van der Waals surface area (Å²) in [4.78, 5) is 61.5. The first-order valence-electron chi connectivity index (χ1n) is 20.8. The van der Waals surface area contributed by atoms with Crippen LogP contribution in [0.2, 0.25) is 37.8 Å². The van der Waals surface area contributed by atoms with Crippen LogP contribution in [-0.4, -0.2) is 94.9 Å². The summed E-state index contributed by atoms with van der Waals surface area (Å²) in [6.07, 6.45) is 8.76. The Labute approximate surface area is 353 Å². The molecule has 1 fully saturated rings. The first-order valence-corrected chi connectivity index (χ1v) is 27.2. The zero-order chi connectivity index (χ0) is 43.7. The Hall–Kier alpha value is -4.12. The van der Waals surface area contributed by atoms with Gasteiger partial charge in [0.25, 0.3) is 5.91 Å². The van der Waals surface area contributed by atoms with Crippen molar-refractivity contribution in [2.24, 2.45) is 11.8 Å². The van der Waals surface area contributed by atoms with Gasteiger partial charge in [-0.15, -0.1) is 0 Å². The van der Waals surface area contributed by atoms with Crippen LogP contribution in [0.5, 0.6) is 5.75 Å². The van der Waals surface area contributed by atoms with Crippen molar-refractivity contribution in [2.75, 3.05) is 26.8 Å². The molecule has 1 saturated heterocycles. The molecule has 14 heteroatoms. The standard InChI is InChI=1S/C45H67N3O9Si2/c1-30-15-13-23-46-38(50)22-17-31(2)41(32(3)28-54-29-33-18-20-35(53-7)21-19-33)56-43(52)37-16-14-24-48(37)42(51)40-44(58(8,9)10)55-39(47-40)27-34(49)26-36(25-30)57-59(11,12)45(4,5)6/h13,15,17-22,25,31-32,36-37,41H,14,16,23-24,26-29H2,1-12H3,(H,46,50)/b15-13+,22-17+,30-25+/t31-,32-,36?,37-,41+/m1/s1. The van der Waals surface area contributed by atoms with Gasteiger partial charge in [-0.05, 0) is 61.7 Å². The van der Waals surface area contributed by atoms with E-state index in [1.54, 1.807) is 13.2 Å². The molecule has 12 nitrogen and oxygen atoms in total. The summed E-state index contributed by atoms with van der Waals surface area (Å²) in [6.45, 7) is 24.0. The number of aromatic nitrogens is 1. The van der Waals surface area contributed by atoms with Gasteiger partial charge in [-0.25, -0.2) is 9.78 Å².